The summed E-state index contributed by atoms with van der Waals surface area (Å²) in [6.07, 6.45) is 4.10. The molecule has 0 bridgehead atoms. The molecule has 168 valence electrons. The molecule has 1 atom stereocenters. The van der Waals surface area contributed by atoms with Crippen molar-refractivity contribution in [2.75, 3.05) is 19.6 Å². The van der Waals surface area contributed by atoms with Crippen LogP contribution in [0.25, 0.3) is 11.1 Å². The van der Waals surface area contributed by atoms with Crippen molar-refractivity contribution >= 4 is 5.71 Å². The van der Waals surface area contributed by atoms with Gasteiger partial charge in [-0.25, -0.2) is 5.01 Å². The Balaban J connectivity index is 1.32. The van der Waals surface area contributed by atoms with Gasteiger partial charge in [0.15, 0.2) is 0 Å². The van der Waals surface area contributed by atoms with Gasteiger partial charge in [-0.05, 0) is 35.7 Å². The average Bonchev–Trinajstić information content (AvgIpc) is 3.33. The third-order valence-electron chi connectivity index (χ3n) is 7.41. The normalized spacial score (nSPS) is 21.3. The Hall–Kier alpha value is -3.11. The van der Waals surface area contributed by atoms with Gasteiger partial charge >= 0.3 is 0 Å². The van der Waals surface area contributed by atoms with Crippen LogP contribution < -0.4 is 4.74 Å². The van der Waals surface area contributed by atoms with Gasteiger partial charge < -0.3 is 9.64 Å². The Labute approximate surface area is 196 Å². The molecule has 3 heterocycles. The van der Waals surface area contributed by atoms with Gasteiger partial charge in [0.05, 0.1) is 11.8 Å². The van der Waals surface area contributed by atoms with Gasteiger partial charge in [0.1, 0.15) is 5.75 Å². The summed E-state index contributed by atoms with van der Waals surface area (Å²) < 4.78 is 6.75. The molecular weight excluding hydrogens is 406 g/mol. The maximum Gasteiger partial charge on any atom is 0.200 e. The maximum atomic E-state index is 6.75. The monoisotopic (exact) mass is 437 g/mol. The minimum absolute atomic E-state index is 0.247. The van der Waals surface area contributed by atoms with E-state index in [1.54, 1.807) is 0 Å². The Morgan fingerprint density at radius 3 is 2.27 bits per heavy atom. The van der Waals surface area contributed by atoms with Crippen molar-refractivity contribution in [1.82, 2.24) is 9.91 Å². The fraction of sp³-hybridized carbons (Fsp3) is 0.345. The average molecular weight is 438 g/mol. The highest BCUT2D eigenvalue weighted by atomic mass is 16.5. The first-order valence-corrected chi connectivity index (χ1v) is 12.3. The highest BCUT2D eigenvalue weighted by Gasteiger charge is 2.51. The molecule has 0 aromatic heterocycles. The predicted molar refractivity (Wildman–Crippen MR) is 133 cm³/mol. The Morgan fingerprint density at radius 1 is 0.848 bits per heavy atom. The molecule has 0 radical (unpaired) electrons. The van der Waals surface area contributed by atoms with Crippen LogP contribution in [0.1, 0.15) is 49.8 Å². The van der Waals surface area contributed by atoms with E-state index in [0.29, 0.717) is 0 Å². The molecule has 1 saturated heterocycles. The lowest BCUT2D eigenvalue weighted by Gasteiger charge is -2.51. The second kappa shape index (κ2) is 8.35. The van der Waals surface area contributed by atoms with Crippen molar-refractivity contribution in [1.29, 1.82) is 0 Å². The van der Waals surface area contributed by atoms with Gasteiger partial charge in [0.25, 0.3) is 0 Å². The number of likely N-dealkylation sites (tertiary alicyclic amines) is 1. The van der Waals surface area contributed by atoms with Crippen molar-refractivity contribution in [2.45, 2.75) is 44.4 Å². The minimum Gasteiger partial charge on any atom is -0.466 e. The molecular formula is C29H31N3O. The Bertz CT molecular complexity index is 1150. The number of piperidine rings is 1. The van der Waals surface area contributed by atoms with Crippen molar-refractivity contribution in [3.05, 3.63) is 90.0 Å². The number of para-hydroxylation sites is 1. The third-order valence-corrected chi connectivity index (χ3v) is 7.41. The molecule has 6 rings (SSSR count). The molecule has 3 aliphatic heterocycles. The molecule has 0 saturated carbocycles. The first-order valence-electron chi connectivity index (χ1n) is 12.3. The second-order valence-electron chi connectivity index (χ2n) is 9.48. The smallest absolute Gasteiger partial charge is 0.200 e. The summed E-state index contributed by atoms with van der Waals surface area (Å²) in [5.74, 6) is 1.04. The van der Waals surface area contributed by atoms with Crippen LogP contribution in [0.2, 0.25) is 0 Å². The summed E-state index contributed by atoms with van der Waals surface area (Å²) in [6, 6.07) is 28.2. The van der Waals surface area contributed by atoms with E-state index in [0.717, 1.165) is 43.8 Å². The molecule has 1 spiro atoms. The molecule has 3 aromatic rings. The zero-order chi connectivity index (χ0) is 22.3. The lowest BCUT2D eigenvalue weighted by Crippen LogP contribution is -2.59. The summed E-state index contributed by atoms with van der Waals surface area (Å²) in [5.41, 5.74) is 5.78. The van der Waals surface area contributed by atoms with Crippen LogP contribution in [-0.2, 0) is 0 Å². The molecule has 0 N–H and O–H groups in total. The predicted octanol–water partition coefficient (Wildman–Crippen LogP) is 6.10. The van der Waals surface area contributed by atoms with Crippen molar-refractivity contribution in [3.63, 3.8) is 0 Å². The lowest BCUT2D eigenvalue weighted by atomic mass is 9.90. The van der Waals surface area contributed by atoms with E-state index in [1.165, 1.54) is 35.2 Å². The standard InChI is InChI=1S/C29H31N3O/c1-2-18-31-19-16-29(17-20-31)32-27(25-10-6-7-11-28(25)33-29)21-26(30-32)24-14-12-23(13-15-24)22-8-4-3-5-9-22/h3-15,27H,2,16-21H2,1H3/t27-/m0/s1. The van der Waals surface area contributed by atoms with E-state index in [1.807, 2.05) is 0 Å². The van der Waals surface area contributed by atoms with Gasteiger partial charge in [-0.2, -0.15) is 5.10 Å². The van der Waals surface area contributed by atoms with E-state index < -0.39 is 0 Å². The number of ether oxygens (including phenoxy) is 1. The molecule has 1 fully saturated rings. The van der Waals surface area contributed by atoms with E-state index in [9.17, 15) is 0 Å². The molecule has 4 heteroatoms. The Kier molecular flexibility index (Phi) is 5.18. The van der Waals surface area contributed by atoms with Gasteiger partial charge in [0.2, 0.25) is 5.72 Å². The number of rotatable bonds is 4. The van der Waals surface area contributed by atoms with E-state index >= 15 is 0 Å². The summed E-state index contributed by atoms with van der Waals surface area (Å²) in [4.78, 5) is 2.56. The zero-order valence-corrected chi connectivity index (χ0v) is 19.3. The lowest BCUT2D eigenvalue weighted by molar-refractivity contribution is -0.149. The largest absolute Gasteiger partial charge is 0.466 e. The quantitative estimate of drug-likeness (QED) is 0.494. The molecule has 3 aliphatic rings. The highest BCUT2D eigenvalue weighted by molar-refractivity contribution is 6.02. The number of hydrazone groups is 1. The topological polar surface area (TPSA) is 28.1 Å². The second-order valence-corrected chi connectivity index (χ2v) is 9.48. The first kappa shape index (κ1) is 20.5. The third kappa shape index (κ3) is 3.63. The highest BCUT2D eigenvalue weighted by Crippen LogP contribution is 2.49. The number of nitrogens with zero attached hydrogens (tertiary/aromatic N) is 3. The van der Waals surface area contributed by atoms with Crippen molar-refractivity contribution < 1.29 is 4.74 Å². The summed E-state index contributed by atoms with van der Waals surface area (Å²) in [6.45, 7) is 5.55. The molecule has 0 aliphatic carbocycles. The van der Waals surface area contributed by atoms with Crippen LogP contribution in [0.4, 0.5) is 0 Å². The van der Waals surface area contributed by atoms with E-state index in [2.05, 4.69) is 95.7 Å². The van der Waals surface area contributed by atoms with Crippen LogP contribution in [0.3, 0.4) is 0 Å². The number of hydrogen-bond acceptors (Lipinski definition) is 4. The summed E-state index contributed by atoms with van der Waals surface area (Å²) in [5, 5.41) is 7.55. The van der Waals surface area contributed by atoms with Crippen LogP contribution in [0, 0.1) is 0 Å². The van der Waals surface area contributed by atoms with Gasteiger partial charge in [-0.15, -0.1) is 0 Å². The number of hydrogen-bond donors (Lipinski definition) is 0. The molecule has 4 nitrogen and oxygen atoms in total. The van der Waals surface area contributed by atoms with Crippen LogP contribution in [-0.4, -0.2) is 41.0 Å². The molecule has 0 unspecified atom stereocenters. The number of fused-ring (bicyclic) bond motifs is 4. The van der Waals surface area contributed by atoms with Crippen molar-refractivity contribution in [3.8, 4) is 16.9 Å². The van der Waals surface area contributed by atoms with Gasteiger partial charge in [-0.1, -0.05) is 79.7 Å². The number of benzene rings is 3. The maximum absolute atomic E-state index is 6.75. The van der Waals surface area contributed by atoms with Crippen LogP contribution in [0.15, 0.2) is 84.0 Å². The zero-order valence-electron chi connectivity index (χ0n) is 19.3. The SMILES string of the molecule is CCCN1CCC2(CC1)Oc1ccccc1[C@@H]1CC(c3ccc(-c4ccccc4)cc3)=NN12. The fourth-order valence-electron chi connectivity index (χ4n) is 5.66. The molecule has 0 amide bonds. The summed E-state index contributed by atoms with van der Waals surface area (Å²) in [7, 11) is 0. The fourth-order valence-corrected chi connectivity index (χ4v) is 5.66. The van der Waals surface area contributed by atoms with Gasteiger partial charge in [-0.3, -0.25) is 0 Å². The summed E-state index contributed by atoms with van der Waals surface area (Å²) >= 11 is 0. The van der Waals surface area contributed by atoms with E-state index in [4.69, 9.17) is 9.84 Å². The van der Waals surface area contributed by atoms with Crippen LogP contribution in [0.5, 0.6) is 5.75 Å². The van der Waals surface area contributed by atoms with Crippen molar-refractivity contribution in [2.24, 2.45) is 5.10 Å². The van der Waals surface area contributed by atoms with Gasteiger partial charge in [0, 0.05) is 37.9 Å². The minimum atomic E-state index is -0.338. The molecule has 3 aromatic carbocycles. The Morgan fingerprint density at radius 2 is 1.52 bits per heavy atom. The molecule has 33 heavy (non-hydrogen) atoms. The first-order chi connectivity index (χ1) is 16.3. The van der Waals surface area contributed by atoms with E-state index in [-0.39, 0.29) is 11.8 Å². The van der Waals surface area contributed by atoms with Crippen LogP contribution >= 0.6 is 0 Å².